The van der Waals surface area contributed by atoms with E-state index >= 15 is 0 Å². The van der Waals surface area contributed by atoms with Crippen LogP contribution in [0.5, 0.6) is 5.75 Å². The standard InChI is InChI=1S/C22H36O2Si/c1-15(2)25(16(3)4,17(5)6)24-21(10)14-20(9)23-22-12-18(7)11-19(8)13-22/h11-17H,9H2,1-8,10H3/b21-14+. The van der Waals surface area contributed by atoms with Gasteiger partial charge in [0.05, 0.1) is 5.76 Å². The lowest BCUT2D eigenvalue weighted by Crippen LogP contribution is -2.47. The van der Waals surface area contributed by atoms with Gasteiger partial charge in [0.25, 0.3) is 8.32 Å². The Bertz CT molecular complexity index is 585. The Morgan fingerprint density at radius 2 is 1.36 bits per heavy atom. The molecule has 3 heteroatoms. The number of ether oxygens (including phenoxy) is 1. The van der Waals surface area contributed by atoms with Crippen molar-refractivity contribution >= 4 is 8.32 Å². The van der Waals surface area contributed by atoms with Gasteiger partial charge in [-0.3, -0.25) is 0 Å². The smallest absolute Gasteiger partial charge is 0.258 e. The second kappa shape index (κ2) is 8.75. The van der Waals surface area contributed by atoms with Crippen molar-refractivity contribution in [1.29, 1.82) is 0 Å². The van der Waals surface area contributed by atoms with Crippen molar-refractivity contribution in [3.05, 3.63) is 53.5 Å². The Balaban J connectivity index is 2.96. The van der Waals surface area contributed by atoms with Crippen LogP contribution < -0.4 is 4.74 Å². The zero-order valence-electron chi connectivity index (χ0n) is 17.6. The zero-order valence-corrected chi connectivity index (χ0v) is 18.6. The largest absolute Gasteiger partial charge is 0.546 e. The fourth-order valence-corrected chi connectivity index (χ4v) is 9.38. The van der Waals surface area contributed by atoms with Crippen LogP contribution in [0.15, 0.2) is 42.4 Å². The first-order valence-corrected chi connectivity index (χ1v) is 11.4. The van der Waals surface area contributed by atoms with Crippen LogP contribution >= 0.6 is 0 Å². The summed E-state index contributed by atoms with van der Waals surface area (Å²) in [5.74, 6) is 2.34. The summed E-state index contributed by atoms with van der Waals surface area (Å²) in [7, 11) is -1.93. The Morgan fingerprint density at radius 1 is 0.920 bits per heavy atom. The molecule has 140 valence electrons. The van der Waals surface area contributed by atoms with Crippen LogP contribution in [-0.2, 0) is 4.43 Å². The maximum atomic E-state index is 6.64. The molecule has 0 heterocycles. The van der Waals surface area contributed by atoms with Crippen LogP contribution in [0.3, 0.4) is 0 Å². The molecule has 0 aliphatic heterocycles. The molecule has 0 N–H and O–H groups in total. The van der Waals surface area contributed by atoms with Gasteiger partial charge in [-0.05, 0) is 60.7 Å². The summed E-state index contributed by atoms with van der Waals surface area (Å²) >= 11 is 0. The maximum absolute atomic E-state index is 6.64. The molecule has 0 saturated carbocycles. The summed E-state index contributed by atoms with van der Waals surface area (Å²) in [6.07, 6.45) is 1.92. The maximum Gasteiger partial charge on any atom is 0.258 e. The molecule has 0 fully saturated rings. The van der Waals surface area contributed by atoms with Crippen LogP contribution in [-0.4, -0.2) is 8.32 Å². The van der Waals surface area contributed by atoms with E-state index in [-0.39, 0.29) is 0 Å². The van der Waals surface area contributed by atoms with E-state index in [4.69, 9.17) is 9.16 Å². The molecular formula is C22H36O2Si. The third-order valence-corrected chi connectivity index (χ3v) is 10.9. The second-order valence-electron chi connectivity index (χ2n) is 8.07. The molecule has 0 aliphatic carbocycles. The van der Waals surface area contributed by atoms with Gasteiger partial charge >= 0.3 is 0 Å². The molecule has 0 saturated heterocycles. The minimum atomic E-state index is -1.93. The molecule has 0 radical (unpaired) electrons. The van der Waals surface area contributed by atoms with E-state index in [0.717, 1.165) is 11.5 Å². The van der Waals surface area contributed by atoms with Crippen molar-refractivity contribution in [3.63, 3.8) is 0 Å². The lowest BCUT2D eigenvalue weighted by atomic mass is 10.1. The highest BCUT2D eigenvalue weighted by Gasteiger charge is 2.46. The van der Waals surface area contributed by atoms with E-state index in [0.29, 0.717) is 22.4 Å². The monoisotopic (exact) mass is 360 g/mol. The van der Waals surface area contributed by atoms with Gasteiger partial charge in [-0.2, -0.15) is 0 Å². The number of hydrogen-bond acceptors (Lipinski definition) is 2. The molecule has 1 rings (SSSR count). The van der Waals surface area contributed by atoms with Crippen LogP contribution in [0.25, 0.3) is 0 Å². The third kappa shape index (κ3) is 5.50. The van der Waals surface area contributed by atoms with Crippen molar-refractivity contribution in [2.75, 3.05) is 0 Å². The van der Waals surface area contributed by atoms with E-state index in [1.54, 1.807) is 0 Å². The summed E-state index contributed by atoms with van der Waals surface area (Å²) in [4.78, 5) is 0. The molecule has 0 spiro atoms. The fourth-order valence-electron chi connectivity index (χ4n) is 4.06. The number of benzene rings is 1. The highest BCUT2D eigenvalue weighted by molar-refractivity contribution is 6.77. The van der Waals surface area contributed by atoms with Gasteiger partial charge in [-0.15, -0.1) is 0 Å². The van der Waals surface area contributed by atoms with E-state index in [9.17, 15) is 0 Å². The molecular weight excluding hydrogens is 324 g/mol. The van der Waals surface area contributed by atoms with Crippen molar-refractivity contribution in [2.45, 2.75) is 78.9 Å². The lowest BCUT2D eigenvalue weighted by Gasteiger charge is -2.42. The Kier molecular flexibility index (Phi) is 7.55. The number of hydrogen-bond donors (Lipinski definition) is 0. The van der Waals surface area contributed by atoms with Gasteiger partial charge in [-0.25, -0.2) is 0 Å². The zero-order chi connectivity index (χ0) is 19.4. The van der Waals surface area contributed by atoms with Gasteiger partial charge in [0, 0.05) is 6.08 Å². The first kappa shape index (κ1) is 21.6. The van der Waals surface area contributed by atoms with Gasteiger partial charge in [0.2, 0.25) is 0 Å². The number of allylic oxidation sites excluding steroid dienone is 2. The minimum absolute atomic E-state index is 0.546. The number of rotatable bonds is 8. The quantitative estimate of drug-likeness (QED) is 0.275. The Morgan fingerprint density at radius 3 is 1.76 bits per heavy atom. The van der Waals surface area contributed by atoms with Crippen molar-refractivity contribution in [1.82, 2.24) is 0 Å². The van der Waals surface area contributed by atoms with Crippen molar-refractivity contribution < 1.29 is 9.16 Å². The van der Waals surface area contributed by atoms with E-state index in [1.807, 2.05) is 25.1 Å². The van der Waals surface area contributed by atoms with Crippen LogP contribution in [0.4, 0.5) is 0 Å². The molecule has 0 unspecified atom stereocenters. The predicted molar refractivity (Wildman–Crippen MR) is 112 cm³/mol. The summed E-state index contributed by atoms with van der Waals surface area (Å²) in [6, 6.07) is 6.18. The van der Waals surface area contributed by atoms with Gasteiger partial charge in [0.1, 0.15) is 11.5 Å². The van der Waals surface area contributed by atoms with E-state index < -0.39 is 8.32 Å². The molecule has 0 aliphatic rings. The Hall–Kier alpha value is -1.48. The highest BCUT2D eigenvalue weighted by Crippen LogP contribution is 2.43. The van der Waals surface area contributed by atoms with Gasteiger partial charge in [-0.1, -0.05) is 54.2 Å². The van der Waals surface area contributed by atoms with E-state index in [2.05, 4.69) is 68.0 Å². The first-order chi connectivity index (χ1) is 11.5. The summed E-state index contributed by atoms with van der Waals surface area (Å²) in [5.41, 5.74) is 4.01. The molecule has 1 aromatic rings. The van der Waals surface area contributed by atoms with E-state index in [1.165, 1.54) is 11.1 Å². The highest BCUT2D eigenvalue weighted by atomic mass is 28.4. The molecule has 1 aromatic carbocycles. The average Bonchev–Trinajstić information content (AvgIpc) is 2.41. The summed E-state index contributed by atoms with van der Waals surface area (Å²) in [6.45, 7) is 24.0. The normalized spacial score (nSPS) is 12.9. The van der Waals surface area contributed by atoms with Crippen LogP contribution in [0, 0.1) is 13.8 Å². The predicted octanol–water partition coefficient (Wildman–Crippen LogP) is 7.29. The fraction of sp³-hybridized carbons (Fsp3) is 0.545. The van der Waals surface area contributed by atoms with Crippen LogP contribution in [0.1, 0.15) is 59.6 Å². The lowest BCUT2D eigenvalue weighted by molar-refractivity contribution is 0.366. The molecule has 25 heavy (non-hydrogen) atoms. The number of aryl methyl sites for hydroxylation is 2. The SMILES string of the molecule is C=C(/C=C(\C)O[Si](C(C)C)(C(C)C)C(C)C)Oc1cc(C)cc(C)c1. The van der Waals surface area contributed by atoms with Gasteiger partial charge in [0.15, 0.2) is 0 Å². The summed E-state index contributed by atoms with van der Waals surface area (Å²) in [5, 5.41) is 0. The third-order valence-electron chi connectivity index (χ3n) is 4.85. The molecule has 2 nitrogen and oxygen atoms in total. The van der Waals surface area contributed by atoms with Crippen LogP contribution in [0.2, 0.25) is 16.6 Å². The Labute approximate surface area is 156 Å². The average molecular weight is 361 g/mol. The molecule has 0 bridgehead atoms. The first-order valence-electron chi connectivity index (χ1n) is 9.31. The molecule has 0 amide bonds. The topological polar surface area (TPSA) is 18.5 Å². The molecule has 0 atom stereocenters. The molecule has 0 aromatic heterocycles. The van der Waals surface area contributed by atoms with Crippen molar-refractivity contribution in [3.8, 4) is 5.75 Å². The van der Waals surface area contributed by atoms with Crippen molar-refractivity contribution in [2.24, 2.45) is 0 Å². The minimum Gasteiger partial charge on any atom is -0.546 e. The second-order valence-corrected chi connectivity index (χ2v) is 13.4. The summed E-state index contributed by atoms with van der Waals surface area (Å²) < 4.78 is 12.5. The van der Waals surface area contributed by atoms with Gasteiger partial charge < -0.3 is 9.16 Å².